The lowest BCUT2D eigenvalue weighted by atomic mass is 10.1. The zero-order valence-corrected chi connectivity index (χ0v) is 20.1. The maximum absolute atomic E-state index is 13.1. The van der Waals surface area contributed by atoms with Crippen LogP contribution in [0.4, 0.5) is 11.5 Å². The largest absolute Gasteiger partial charge is 0.455 e. The molecule has 0 aliphatic rings. The molecule has 3 rings (SSSR count). The van der Waals surface area contributed by atoms with Gasteiger partial charge in [-0.3, -0.25) is 23.9 Å². The number of benzene rings is 2. The van der Waals surface area contributed by atoms with Crippen molar-refractivity contribution in [3.8, 4) is 0 Å². The molecule has 0 fully saturated rings. The predicted octanol–water partition coefficient (Wildman–Crippen LogP) is 2.25. The Morgan fingerprint density at radius 1 is 1.03 bits per heavy atom. The first-order valence-electron chi connectivity index (χ1n) is 11.3. The number of amides is 1. The molecule has 0 saturated heterocycles. The van der Waals surface area contributed by atoms with E-state index >= 15 is 0 Å². The molecule has 0 bridgehead atoms. The molecular weight excluding hydrogens is 448 g/mol. The van der Waals surface area contributed by atoms with Crippen LogP contribution in [0.25, 0.3) is 0 Å². The zero-order chi connectivity index (χ0) is 25.5. The Balaban J connectivity index is 1.83. The second-order valence-corrected chi connectivity index (χ2v) is 8.79. The normalized spacial score (nSPS) is 10.9. The molecule has 1 amide bonds. The lowest BCUT2D eigenvalue weighted by Crippen LogP contribution is -2.44. The summed E-state index contributed by atoms with van der Waals surface area (Å²) in [5, 5.41) is 0. The molecule has 0 aliphatic heterocycles. The molecule has 0 atom stereocenters. The van der Waals surface area contributed by atoms with E-state index in [-0.39, 0.29) is 36.9 Å². The number of nitrogens with one attached hydrogen (secondary N) is 1. The molecule has 0 spiro atoms. The standard InChI is InChI=1S/C26H30N4O5/c1-17(2)14-29(21(31)16-35-22(32)13-19-11-9-18(3)10-12-19)23-24(27)30(26(34)28-25(23)33)15-20-7-5-4-6-8-20/h4-12,17H,13-16,27H2,1-3H3,(H,28,33,34). The number of hydrogen-bond donors (Lipinski definition) is 2. The van der Waals surface area contributed by atoms with Gasteiger partial charge in [-0.1, -0.05) is 74.0 Å². The molecular formula is C26H30N4O5. The molecule has 184 valence electrons. The van der Waals surface area contributed by atoms with Gasteiger partial charge in [0.05, 0.1) is 13.0 Å². The van der Waals surface area contributed by atoms with E-state index in [9.17, 15) is 19.2 Å². The minimum absolute atomic E-state index is 0.0163. The Kier molecular flexibility index (Phi) is 8.25. The summed E-state index contributed by atoms with van der Waals surface area (Å²) in [5.41, 5.74) is 7.28. The quantitative estimate of drug-likeness (QED) is 0.454. The highest BCUT2D eigenvalue weighted by atomic mass is 16.5. The molecule has 9 nitrogen and oxygen atoms in total. The number of carbonyl (C=O) groups excluding carboxylic acids is 2. The van der Waals surface area contributed by atoms with Crippen LogP contribution in [0.3, 0.4) is 0 Å². The van der Waals surface area contributed by atoms with Crippen molar-refractivity contribution in [1.82, 2.24) is 9.55 Å². The highest BCUT2D eigenvalue weighted by molar-refractivity contribution is 5.97. The van der Waals surface area contributed by atoms with E-state index in [1.54, 1.807) is 0 Å². The third-order valence-corrected chi connectivity index (χ3v) is 5.34. The number of H-pyrrole nitrogens is 1. The summed E-state index contributed by atoms with van der Waals surface area (Å²) in [7, 11) is 0. The Morgan fingerprint density at radius 3 is 2.31 bits per heavy atom. The number of carbonyl (C=O) groups is 2. The first kappa shape index (κ1) is 25.5. The maximum Gasteiger partial charge on any atom is 0.330 e. The Hall–Kier alpha value is -4.14. The second-order valence-electron chi connectivity index (χ2n) is 8.79. The molecule has 1 heterocycles. The molecule has 0 aliphatic carbocycles. The first-order chi connectivity index (χ1) is 16.7. The third-order valence-electron chi connectivity index (χ3n) is 5.34. The molecule has 3 aromatic rings. The molecule has 3 N–H and O–H groups in total. The van der Waals surface area contributed by atoms with Gasteiger partial charge in [0.1, 0.15) is 5.82 Å². The van der Waals surface area contributed by atoms with Crippen LogP contribution < -0.4 is 21.9 Å². The van der Waals surface area contributed by atoms with Crippen LogP contribution in [0.5, 0.6) is 0 Å². The highest BCUT2D eigenvalue weighted by Gasteiger charge is 2.26. The number of hydrogen-bond acceptors (Lipinski definition) is 6. The molecule has 1 aromatic heterocycles. The van der Waals surface area contributed by atoms with Gasteiger partial charge in [-0.15, -0.1) is 0 Å². The van der Waals surface area contributed by atoms with E-state index in [1.165, 1.54) is 9.47 Å². The molecule has 0 radical (unpaired) electrons. The smallest absolute Gasteiger partial charge is 0.330 e. The number of esters is 1. The summed E-state index contributed by atoms with van der Waals surface area (Å²) in [6.45, 7) is 5.38. The van der Waals surface area contributed by atoms with Gasteiger partial charge in [0.15, 0.2) is 12.3 Å². The fraction of sp³-hybridized carbons (Fsp3) is 0.308. The topological polar surface area (TPSA) is 127 Å². The molecule has 35 heavy (non-hydrogen) atoms. The summed E-state index contributed by atoms with van der Waals surface area (Å²) in [6.07, 6.45) is 0.0163. The van der Waals surface area contributed by atoms with Crippen molar-refractivity contribution < 1.29 is 14.3 Å². The van der Waals surface area contributed by atoms with Crippen LogP contribution in [-0.2, 0) is 27.3 Å². The number of aryl methyl sites for hydroxylation is 1. The van der Waals surface area contributed by atoms with E-state index in [0.717, 1.165) is 16.7 Å². The SMILES string of the molecule is Cc1ccc(CC(=O)OCC(=O)N(CC(C)C)c2c(N)n(Cc3ccccc3)c(=O)[nH]c2=O)cc1. The number of nitrogen functional groups attached to an aromatic ring is 1. The van der Waals surface area contributed by atoms with Crippen LogP contribution in [0.1, 0.15) is 30.5 Å². The first-order valence-corrected chi connectivity index (χ1v) is 11.3. The van der Waals surface area contributed by atoms with Crippen LogP contribution >= 0.6 is 0 Å². The predicted molar refractivity (Wildman–Crippen MR) is 134 cm³/mol. The molecule has 2 aromatic carbocycles. The molecule has 0 unspecified atom stereocenters. The van der Waals surface area contributed by atoms with Crippen molar-refractivity contribution in [2.45, 2.75) is 33.7 Å². The Morgan fingerprint density at radius 2 is 1.69 bits per heavy atom. The van der Waals surface area contributed by atoms with E-state index in [2.05, 4.69) is 4.98 Å². The van der Waals surface area contributed by atoms with E-state index in [1.807, 2.05) is 75.4 Å². The van der Waals surface area contributed by atoms with E-state index < -0.39 is 29.7 Å². The molecule has 0 saturated carbocycles. The lowest BCUT2D eigenvalue weighted by molar-refractivity contribution is -0.147. The summed E-state index contributed by atoms with van der Waals surface area (Å²) in [6, 6.07) is 16.5. The third kappa shape index (κ3) is 6.69. The number of anilines is 2. The number of aromatic amines is 1. The zero-order valence-electron chi connectivity index (χ0n) is 20.1. The summed E-state index contributed by atoms with van der Waals surface area (Å²) >= 11 is 0. The van der Waals surface area contributed by atoms with Gasteiger partial charge in [-0.05, 0) is 24.0 Å². The number of rotatable bonds is 9. The Labute approximate surface area is 203 Å². The molecule has 9 heteroatoms. The van der Waals surface area contributed by atoms with Crippen molar-refractivity contribution in [3.05, 3.63) is 92.1 Å². The minimum atomic E-state index is -0.781. The van der Waals surface area contributed by atoms with Crippen molar-refractivity contribution in [2.24, 2.45) is 5.92 Å². The number of ether oxygens (including phenoxy) is 1. The fourth-order valence-corrected chi connectivity index (χ4v) is 3.59. The van der Waals surface area contributed by atoms with Gasteiger partial charge in [-0.25, -0.2) is 4.79 Å². The second kappa shape index (κ2) is 11.3. The average molecular weight is 479 g/mol. The van der Waals surface area contributed by atoms with Gasteiger partial charge in [0.2, 0.25) is 0 Å². The van der Waals surface area contributed by atoms with E-state index in [0.29, 0.717) is 0 Å². The maximum atomic E-state index is 13.1. The number of aromatic nitrogens is 2. The summed E-state index contributed by atoms with van der Waals surface area (Å²) in [4.78, 5) is 54.1. The minimum Gasteiger partial charge on any atom is -0.455 e. The van der Waals surface area contributed by atoms with Crippen molar-refractivity contribution >= 4 is 23.4 Å². The van der Waals surface area contributed by atoms with Crippen LogP contribution in [0.15, 0.2) is 64.2 Å². The van der Waals surface area contributed by atoms with Crippen molar-refractivity contribution in [2.75, 3.05) is 23.8 Å². The van der Waals surface area contributed by atoms with Gasteiger partial charge >= 0.3 is 11.7 Å². The van der Waals surface area contributed by atoms with Crippen LogP contribution in [-0.4, -0.2) is 34.6 Å². The average Bonchev–Trinajstić information content (AvgIpc) is 2.81. The van der Waals surface area contributed by atoms with Crippen molar-refractivity contribution in [3.63, 3.8) is 0 Å². The lowest BCUT2D eigenvalue weighted by Gasteiger charge is -2.26. The summed E-state index contributed by atoms with van der Waals surface area (Å²) in [5.74, 6) is -1.35. The van der Waals surface area contributed by atoms with Gasteiger partial charge in [-0.2, -0.15) is 0 Å². The summed E-state index contributed by atoms with van der Waals surface area (Å²) < 4.78 is 6.40. The highest BCUT2D eigenvalue weighted by Crippen LogP contribution is 2.19. The van der Waals surface area contributed by atoms with Crippen LogP contribution in [0.2, 0.25) is 0 Å². The van der Waals surface area contributed by atoms with Crippen molar-refractivity contribution in [1.29, 1.82) is 0 Å². The van der Waals surface area contributed by atoms with Gasteiger partial charge in [0, 0.05) is 6.54 Å². The number of nitrogens with two attached hydrogens (primary N) is 1. The van der Waals surface area contributed by atoms with E-state index in [4.69, 9.17) is 10.5 Å². The fourth-order valence-electron chi connectivity index (χ4n) is 3.59. The van der Waals surface area contributed by atoms with Gasteiger partial charge in [0.25, 0.3) is 11.5 Å². The van der Waals surface area contributed by atoms with Gasteiger partial charge < -0.3 is 15.4 Å². The monoisotopic (exact) mass is 478 g/mol. The van der Waals surface area contributed by atoms with Crippen LogP contribution in [0, 0.1) is 12.8 Å². The Bertz CT molecular complexity index is 1290. The number of nitrogens with zero attached hydrogens (tertiary/aromatic N) is 2.